The molecule has 2 aromatic rings. The maximum absolute atomic E-state index is 5.85. The van der Waals surface area contributed by atoms with Crippen molar-refractivity contribution >= 4 is 5.96 Å². The number of rotatable bonds is 11. The van der Waals surface area contributed by atoms with Gasteiger partial charge < -0.3 is 24.5 Å². The third-order valence-corrected chi connectivity index (χ3v) is 4.96. The Balaban J connectivity index is 1.36. The van der Waals surface area contributed by atoms with Crippen molar-refractivity contribution in [3.63, 3.8) is 0 Å². The summed E-state index contributed by atoms with van der Waals surface area (Å²) in [5.74, 6) is 2.45. The van der Waals surface area contributed by atoms with Gasteiger partial charge in [0.2, 0.25) is 0 Å². The third-order valence-electron chi connectivity index (χ3n) is 4.96. The second-order valence-electron chi connectivity index (χ2n) is 7.32. The first-order chi connectivity index (χ1) is 14.4. The fourth-order valence-corrected chi connectivity index (χ4v) is 3.23. The van der Waals surface area contributed by atoms with Gasteiger partial charge in [-0.1, -0.05) is 30.3 Å². The second kappa shape index (κ2) is 13.0. The van der Waals surface area contributed by atoms with E-state index in [-0.39, 0.29) is 0 Å². The van der Waals surface area contributed by atoms with Crippen LogP contribution in [0.3, 0.4) is 0 Å². The molecule has 1 aromatic carbocycles. The maximum atomic E-state index is 5.85. The predicted molar refractivity (Wildman–Crippen MR) is 115 cm³/mol. The van der Waals surface area contributed by atoms with Crippen molar-refractivity contribution in [3.8, 4) is 0 Å². The molecule has 29 heavy (non-hydrogen) atoms. The van der Waals surface area contributed by atoms with Gasteiger partial charge in [-0.3, -0.25) is 0 Å². The van der Waals surface area contributed by atoms with Crippen LogP contribution in [0, 0.1) is 5.92 Å². The van der Waals surface area contributed by atoms with Gasteiger partial charge in [-0.25, -0.2) is 4.99 Å². The average Bonchev–Trinajstić information content (AvgIpc) is 3.29. The molecule has 6 heteroatoms. The van der Waals surface area contributed by atoms with Crippen LogP contribution in [-0.2, 0) is 22.4 Å². The summed E-state index contributed by atoms with van der Waals surface area (Å²) in [6, 6.07) is 14.2. The number of hydrogen-bond acceptors (Lipinski definition) is 4. The smallest absolute Gasteiger partial charge is 0.191 e. The normalized spacial score (nSPS) is 15.4. The fourth-order valence-electron chi connectivity index (χ4n) is 3.23. The van der Waals surface area contributed by atoms with Crippen molar-refractivity contribution in [1.82, 2.24) is 10.6 Å². The van der Waals surface area contributed by atoms with E-state index in [1.807, 2.05) is 30.3 Å². The summed E-state index contributed by atoms with van der Waals surface area (Å²) >= 11 is 0. The molecule has 2 heterocycles. The SMILES string of the molecule is c1ccc(CN=C(NCCCOCC2CCOCC2)NCCc2ccco2)cc1. The molecule has 0 aliphatic carbocycles. The van der Waals surface area contributed by atoms with Crippen molar-refractivity contribution in [3.05, 3.63) is 60.1 Å². The molecule has 158 valence electrons. The van der Waals surface area contributed by atoms with Crippen molar-refractivity contribution in [2.75, 3.05) is 39.5 Å². The van der Waals surface area contributed by atoms with E-state index in [0.29, 0.717) is 12.5 Å². The number of hydrogen-bond donors (Lipinski definition) is 2. The van der Waals surface area contributed by atoms with Gasteiger partial charge in [0.15, 0.2) is 5.96 Å². The van der Waals surface area contributed by atoms with Crippen LogP contribution in [0.5, 0.6) is 0 Å². The summed E-state index contributed by atoms with van der Waals surface area (Å²) in [4.78, 5) is 4.71. The molecule has 6 nitrogen and oxygen atoms in total. The average molecular weight is 400 g/mol. The monoisotopic (exact) mass is 399 g/mol. The zero-order chi connectivity index (χ0) is 20.0. The first-order valence-corrected chi connectivity index (χ1v) is 10.6. The molecule has 1 fully saturated rings. The van der Waals surface area contributed by atoms with Gasteiger partial charge >= 0.3 is 0 Å². The summed E-state index contributed by atoms with van der Waals surface area (Å²) in [7, 11) is 0. The summed E-state index contributed by atoms with van der Waals surface area (Å²) in [5, 5.41) is 6.81. The Morgan fingerprint density at radius 3 is 2.66 bits per heavy atom. The van der Waals surface area contributed by atoms with Crippen LogP contribution in [0.2, 0.25) is 0 Å². The van der Waals surface area contributed by atoms with Crippen LogP contribution in [-0.4, -0.2) is 45.5 Å². The lowest BCUT2D eigenvalue weighted by Crippen LogP contribution is -2.39. The predicted octanol–water partition coefficient (Wildman–Crippen LogP) is 3.39. The minimum atomic E-state index is 0.650. The zero-order valence-electron chi connectivity index (χ0n) is 17.1. The minimum absolute atomic E-state index is 0.650. The van der Waals surface area contributed by atoms with E-state index in [1.165, 1.54) is 5.56 Å². The summed E-state index contributed by atoms with van der Waals surface area (Å²) in [6.45, 7) is 5.62. The number of aliphatic imine (C=N–C) groups is 1. The molecule has 0 saturated carbocycles. The van der Waals surface area contributed by atoms with Crippen LogP contribution in [0.1, 0.15) is 30.6 Å². The van der Waals surface area contributed by atoms with Crippen LogP contribution < -0.4 is 10.6 Å². The Bertz CT molecular complexity index is 683. The van der Waals surface area contributed by atoms with Gasteiger partial charge in [0, 0.05) is 45.9 Å². The van der Waals surface area contributed by atoms with Gasteiger partial charge in [-0.2, -0.15) is 0 Å². The van der Waals surface area contributed by atoms with Crippen LogP contribution in [0.4, 0.5) is 0 Å². The zero-order valence-corrected chi connectivity index (χ0v) is 17.1. The number of ether oxygens (including phenoxy) is 2. The van der Waals surface area contributed by atoms with E-state index in [4.69, 9.17) is 18.9 Å². The van der Waals surface area contributed by atoms with Crippen molar-refractivity contribution in [2.45, 2.75) is 32.2 Å². The van der Waals surface area contributed by atoms with Crippen molar-refractivity contribution < 1.29 is 13.9 Å². The highest BCUT2D eigenvalue weighted by atomic mass is 16.5. The molecular formula is C23H33N3O3. The lowest BCUT2D eigenvalue weighted by molar-refractivity contribution is 0.0203. The Hall–Kier alpha value is -2.31. The summed E-state index contributed by atoms with van der Waals surface area (Å²) < 4.78 is 16.6. The van der Waals surface area contributed by atoms with Gasteiger partial charge in [-0.15, -0.1) is 0 Å². The molecule has 0 amide bonds. The van der Waals surface area contributed by atoms with Crippen LogP contribution in [0.25, 0.3) is 0 Å². The molecule has 0 spiro atoms. The highest BCUT2D eigenvalue weighted by Gasteiger charge is 2.13. The topological polar surface area (TPSA) is 68.0 Å². The molecule has 0 bridgehead atoms. The molecule has 0 unspecified atom stereocenters. The second-order valence-corrected chi connectivity index (χ2v) is 7.32. The first kappa shape index (κ1) is 21.4. The molecule has 1 aliphatic rings. The molecule has 1 saturated heterocycles. The molecule has 1 aromatic heterocycles. The van der Waals surface area contributed by atoms with E-state index in [0.717, 1.165) is 76.9 Å². The quantitative estimate of drug-likeness (QED) is 0.344. The van der Waals surface area contributed by atoms with Gasteiger partial charge in [0.1, 0.15) is 5.76 Å². The molecule has 3 rings (SSSR count). The van der Waals surface area contributed by atoms with E-state index in [9.17, 15) is 0 Å². The number of nitrogens with zero attached hydrogens (tertiary/aromatic N) is 1. The number of nitrogens with one attached hydrogen (secondary N) is 2. The van der Waals surface area contributed by atoms with Crippen LogP contribution in [0.15, 0.2) is 58.1 Å². The molecule has 1 aliphatic heterocycles. The van der Waals surface area contributed by atoms with Crippen molar-refractivity contribution in [1.29, 1.82) is 0 Å². The van der Waals surface area contributed by atoms with Gasteiger partial charge in [-0.05, 0) is 42.9 Å². The van der Waals surface area contributed by atoms with E-state index in [1.54, 1.807) is 6.26 Å². The number of guanidine groups is 1. The number of benzene rings is 1. The first-order valence-electron chi connectivity index (χ1n) is 10.6. The van der Waals surface area contributed by atoms with E-state index < -0.39 is 0 Å². The molecule has 0 radical (unpaired) electrons. The third kappa shape index (κ3) is 8.71. The van der Waals surface area contributed by atoms with E-state index in [2.05, 4.69) is 22.8 Å². The number of furan rings is 1. The Morgan fingerprint density at radius 2 is 1.86 bits per heavy atom. The standard InChI is InChI=1S/C23H33N3O3/c1-2-6-20(7-3-1)18-26-23(25-13-9-22-8-4-15-29-22)24-12-5-14-28-19-21-10-16-27-17-11-21/h1-4,6-8,15,21H,5,9-14,16-19H2,(H2,24,25,26). The Morgan fingerprint density at radius 1 is 1.03 bits per heavy atom. The highest BCUT2D eigenvalue weighted by Crippen LogP contribution is 2.14. The summed E-state index contributed by atoms with van der Waals surface area (Å²) in [6.07, 6.45) is 5.72. The Kier molecular flexibility index (Phi) is 9.60. The van der Waals surface area contributed by atoms with E-state index >= 15 is 0 Å². The lowest BCUT2D eigenvalue weighted by Gasteiger charge is -2.21. The summed E-state index contributed by atoms with van der Waals surface area (Å²) in [5.41, 5.74) is 1.19. The molecule has 0 atom stereocenters. The largest absolute Gasteiger partial charge is 0.469 e. The molecule has 2 N–H and O–H groups in total. The fraction of sp³-hybridized carbons (Fsp3) is 0.522. The van der Waals surface area contributed by atoms with Crippen LogP contribution >= 0.6 is 0 Å². The van der Waals surface area contributed by atoms with Gasteiger partial charge in [0.05, 0.1) is 12.8 Å². The minimum Gasteiger partial charge on any atom is -0.469 e. The lowest BCUT2D eigenvalue weighted by atomic mass is 10.0. The Labute approximate surface area is 173 Å². The maximum Gasteiger partial charge on any atom is 0.191 e. The van der Waals surface area contributed by atoms with Gasteiger partial charge in [0.25, 0.3) is 0 Å². The highest BCUT2D eigenvalue weighted by molar-refractivity contribution is 5.79. The van der Waals surface area contributed by atoms with Crippen molar-refractivity contribution in [2.24, 2.45) is 10.9 Å². The molecular weight excluding hydrogens is 366 g/mol.